The van der Waals surface area contributed by atoms with Crippen LogP contribution in [0.5, 0.6) is 0 Å². The second kappa shape index (κ2) is 9.52. The molecular formula is C22H31N5OS2. The fraction of sp³-hybridized carbons (Fsp3) is 0.636. The summed E-state index contributed by atoms with van der Waals surface area (Å²) in [5.74, 6) is 1.72. The zero-order valence-corrected chi connectivity index (χ0v) is 20.2. The van der Waals surface area contributed by atoms with Gasteiger partial charge in [0.25, 0.3) is 0 Å². The van der Waals surface area contributed by atoms with Crippen molar-refractivity contribution < 1.29 is 4.79 Å². The topological polar surface area (TPSA) is 83.6 Å². The van der Waals surface area contributed by atoms with Gasteiger partial charge in [0, 0.05) is 17.8 Å². The number of nitrogens with one attached hydrogen (secondary N) is 1. The minimum atomic E-state index is -0.106. The van der Waals surface area contributed by atoms with E-state index < -0.39 is 0 Å². The van der Waals surface area contributed by atoms with Crippen molar-refractivity contribution in [3.8, 4) is 6.07 Å². The van der Waals surface area contributed by atoms with Gasteiger partial charge in [-0.25, -0.2) is 0 Å². The first kappa shape index (κ1) is 22.8. The van der Waals surface area contributed by atoms with Crippen LogP contribution in [0.3, 0.4) is 0 Å². The van der Waals surface area contributed by atoms with Gasteiger partial charge in [-0.1, -0.05) is 39.5 Å². The zero-order valence-electron chi connectivity index (χ0n) is 18.5. The van der Waals surface area contributed by atoms with Gasteiger partial charge in [0.2, 0.25) is 5.91 Å². The van der Waals surface area contributed by atoms with E-state index in [0.29, 0.717) is 16.5 Å². The van der Waals surface area contributed by atoms with Gasteiger partial charge in [0.05, 0.1) is 11.3 Å². The van der Waals surface area contributed by atoms with E-state index in [1.165, 1.54) is 16.6 Å². The number of aryl methyl sites for hydroxylation is 1. The molecule has 8 heteroatoms. The quantitative estimate of drug-likeness (QED) is 0.602. The lowest BCUT2D eigenvalue weighted by Gasteiger charge is -2.33. The number of nitriles is 1. The Morgan fingerprint density at radius 3 is 2.77 bits per heavy atom. The Hall–Kier alpha value is -1.85. The summed E-state index contributed by atoms with van der Waals surface area (Å²) < 4.78 is 2.07. The molecule has 1 aliphatic carbocycles. The number of amides is 1. The predicted octanol–water partition coefficient (Wildman–Crippen LogP) is 5.07. The van der Waals surface area contributed by atoms with Crippen molar-refractivity contribution in [1.29, 1.82) is 5.26 Å². The molecule has 2 aromatic heterocycles. The third-order valence-corrected chi connectivity index (χ3v) is 7.91. The number of carbonyl (C=O) groups is 1. The van der Waals surface area contributed by atoms with Gasteiger partial charge in [0.15, 0.2) is 5.16 Å². The van der Waals surface area contributed by atoms with Gasteiger partial charge in [-0.15, -0.1) is 21.5 Å². The molecule has 3 rings (SSSR count). The Balaban J connectivity index is 1.68. The molecule has 0 aromatic carbocycles. The molecule has 1 atom stereocenters. The molecule has 1 N–H and O–H groups in total. The van der Waals surface area contributed by atoms with E-state index in [2.05, 4.69) is 60.8 Å². The minimum absolute atomic E-state index is 0.106. The van der Waals surface area contributed by atoms with E-state index >= 15 is 0 Å². The number of aromatic nitrogens is 3. The van der Waals surface area contributed by atoms with Crippen molar-refractivity contribution in [1.82, 2.24) is 14.8 Å². The number of hydrogen-bond donors (Lipinski definition) is 1. The van der Waals surface area contributed by atoms with Crippen LogP contribution in [0.1, 0.15) is 69.3 Å². The van der Waals surface area contributed by atoms with Gasteiger partial charge in [-0.2, -0.15) is 5.26 Å². The molecule has 0 radical (unpaired) electrons. The van der Waals surface area contributed by atoms with Crippen molar-refractivity contribution in [2.75, 3.05) is 11.1 Å². The molecule has 1 amide bonds. The molecule has 162 valence electrons. The van der Waals surface area contributed by atoms with Gasteiger partial charge in [-0.05, 0) is 49.5 Å². The van der Waals surface area contributed by atoms with Gasteiger partial charge in [0.1, 0.15) is 16.9 Å². The lowest BCUT2D eigenvalue weighted by Crippen LogP contribution is -2.26. The van der Waals surface area contributed by atoms with E-state index in [0.717, 1.165) is 55.2 Å². The van der Waals surface area contributed by atoms with E-state index in [1.54, 1.807) is 11.3 Å². The molecule has 0 aliphatic heterocycles. The number of hydrogen-bond acceptors (Lipinski definition) is 6. The molecule has 0 bridgehead atoms. The second-order valence-electron chi connectivity index (χ2n) is 8.86. The predicted molar refractivity (Wildman–Crippen MR) is 123 cm³/mol. The van der Waals surface area contributed by atoms with Gasteiger partial charge in [-0.3, -0.25) is 4.79 Å². The first-order valence-electron chi connectivity index (χ1n) is 10.7. The SMILES string of the molecule is CCCc1nnc(SCC(=O)Nc2sc3c(c2C#N)CC[C@@H](C(C)(C)C)C3)n1CC. The Morgan fingerprint density at radius 1 is 1.37 bits per heavy atom. The summed E-state index contributed by atoms with van der Waals surface area (Å²) in [5, 5.41) is 22.7. The fourth-order valence-electron chi connectivity index (χ4n) is 3.98. The Kier molecular flexibility index (Phi) is 7.25. The van der Waals surface area contributed by atoms with Crippen LogP contribution in [-0.4, -0.2) is 26.4 Å². The number of carbonyl (C=O) groups excluding carboxylic acids is 1. The Morgan fingerprint density at radius 2 is 2.13 bits per heavy atom. The smallest absolute Gasteiger partial charge is 0.235 e. The molecule has 2 aromatic rings. The molecule has 0 spiro atoms. The minimum Gasteiger partial charge on any atom is -0.316 e. The second-order valence-corrected chi connectivity index (χ2v) is 10.9. The summed E-state index contributed by atoms with van der Waals surface area (Å²) in [7, 11) is 0. The average Bonchev–Trinajstić information content (AvgIpc) is 3.25. The number of thioether (sulfide) groups is 1. The average molecular weight is 446 g/mol. The Labute approximate surface area is 187 Å². The zero-order chi connectivity index (χ0) is 21.9. The summed E-state index contributed by atoms with van der Waals surface area (Å²) >= 11 is 2.97. The maximum absolute atomic E-state index is 12.6. The summed E-state index contributed by atoms with van der Waals surface area (Å²) in [5.41, 5.74) is 2.05. The highest BCUT2D eigenvalue weighted by Gasteiger charge is 2.32. The molecule has 1 aliphatic rings. The molecule has 2 heterocycles. The summed E-state index contributed by atoms with van der Waals surface area (Å²) in [6, 6.07) is 2.33. The van der Waals surface area contributed by atoms with E-state index in [4.69, 9.17) is 0 Å². The number of anilines is 1. The van der Waals surface area contributed by atoms with Crippen molar-refractivity contribution in [2.24, 2.45) is 11.3 Å². The van der Waals surface area contributed by atoms with Crippen LogP contribution in [0.4, 0.5) is 5.00 Å². The van der Waals surface area contributed by atoms with Gasteiger partial charge < -0.3 is 9.88 Å². The maximum Gasteiger partial charge on any atom is 0.235 e. The highest BCUT2D eigenvalue weighted by atomic mass is 32.2. The normalized spacial score (nSPS) is 16.2. The van der Waals surface area contributed by atoms with Crippen molar-refractivity contribution in [3.05, 3.63) is 21.8 Å². The monoisotopic (exact) mass is 445 g/mol. The van der Waals surface area contributed by atoms with Crippen LogP contribution < -0.4 is 5.32 Å². The molecule has 30 heavy (non-hydrogen) atoms. The third kappa shape index (κ3) is 4.89. The third-order valence-electron chi connectivity index (χ3n) is 5.77. The standard InChI is InChI=1S/C22H31N5OS2/c1-6-8-18-25-26-21(27(18)7-2)29-13-19(28)24-20-16(12-23)15-10-9-14(22(3,4)5)11-17(15)30-20/h14H,6-11,13H2,1-5H3,(H,24,28)/t14-/m1/s1. The summed E-state index contributed by atoms with van der Waals surface area (Å²) in [6.07, 6.45) is 4.90. The molecule has 6 nitrogen and oxygen atoms in total. The van der Waals surface area contributed by atoms with Crippen LogP contribution >= 0.6 is 23.1 Å². The molecule has 0 saturated carbocycles. The van der Waals surface area contributed by atoms with Crippen LogP contribution in [0, 0.1) is 22.7 Å². The summed E-state index contributed by atoms with van der Waals surface area (Å²) in [4.78, 5) is 13.9. The fourth-order valence-corrected chi connectivity index (χ4v) is 6.09. The van der Waals surface area contributed by atoms with Crippen LogP contribution in [0.2, 0.25) is 0 Å². The van der Waals surface area contributed by atoms with E-state index in [1.807, 2.05) is 0 Å². The van der Waals surface area contributed by atoms with Crippen molar-refractivity contribution in [2.45, 2.75) is 78.4 Å². The highest BCUT2D eigenvalue weighted by Crippen LogP contribution is 2.44. The van der Waals surface area contributed by atoms with E-state index in [-0.39, 0.29) is 17.1 Å². The highest BCUT2D eigenvalue weighted by molar-refractivity contribution is 7.99. The molecular weight excluding hydrogens is 414 g/mol. The number of nitrogens with zero attached hydrogens (tertiary/aromatic N) is 4. The molecule has 0 saturated heterocycles. The van der Waals surface area contributed by atoms with Crippen LogP contribution in [0.15, 0.2) is 5.16 Å². The molecule has 0 unspecified atom stereocenters. The summed E-state index contributed by atoms with van der Waals surface area (Å²) in [6.45, 7) is 11.8. The number of thiophene rings is 1. The van der Waals surface area contributed by atoms with Gasteiger partial charge >= 0.3 is 0 Å². The largest absolute Gasteiger partial charge is 0.316 e. The lowest BCUT2D eigenvalue weighted by atomic mass is 9.72. The maximum atomic E-state index is 12.6. The lowest BCUT2D eigenvalue weighted by molar-refractivity contribution is -0.113. The first-order chi connectivity index (χ1) is 14.3. The Bertz CT molecular complexity index is 948. The van der Waals surface area contributed by atoms with Crippen LogP contribution in [0.25, 0.3) is 0 Å². The van der Waals surface area contributed by atoms with Crippen molar-refractivity contribution in [3.63, 3.8) is 0 Å². The number of fused-ring (bicyclic) bond motifs is 1. The van der Waals surface area contributed by atoms with Crippen LogP contribution in [-0.2, 0) is 30.6 Å². The first-order valence-corrected chi connectivity index (χ1v) is 12.5. The molecule has 0 fully saturated rings. The van der Waals surface area contributed by atoms with Crippen molar-refractivity contribution >= 4 is 34.0 Å². The van der Waals surface area contributed by atoms with E-state index in [9.17, 15) is 10.1 Å². The number of rotatable bonds is 7.